The molecule has 2 aromatic heterocycles. The molecule has 4 heterocycles. The first-order chi connectivity index (χ1) is 15.7. The molecule has 4 aromatic rings. The Bertz CT molecular complexity index is 1320. The smallest absolute Gasteiger partial charge is 0.254 e. The molecule has 0 radical (unpaired) electrons. The van der Waals surface area contributed by atoms with Gasteiger partial charge < -0.3 is 23.9 Å². The number of amides is 1. The molecule has 9 nitrogen and oxygen atoms in total. The fraction of sp³-hybridized carbons (Fsp3) is 0.182. The summed E-state index contributed by atoms with van der Waals surface area (Å²) < 4.78 is 29.7. The zero-order chi connectivity index (χ0) is 21.7. The first kappa shape index (κ1) is 18.6. The number of rotatable bonds is 3. The summed E-state index contributed by atoms with van der Waals surface area (Å²) in [4.78, 5) is 26.9. The molecule has 6 rings (SSSR count). The Morgan fingerprint density at radius 3 is 2.84 bits per heavy atom. The van der Waals surface area contributed by atoms with E-state index in [4.69, 9.17) is 14.0 Å². The predicted molar refractivity (Wildman–Crippen MR) is 107 cm³/mol. The summed E-state index contributed by atoms with van der Waals surface area (Å²) in [5.74, 6) is 1.27. The maximum Gasteiger partial charge on any atom is 0.254 e. The minimum absolute atomic E-state index is 0.171. The number of halogens is 1. The maximum absolute atomic E-state index is 13.3. The van der Waals surface area contributed by atoms with E-state index in [1.807, 2.05) is 6.07 Å². The van der Waals surface area contributed by atoms with Gasteiger partial charge in [-0.25, -0.2) is 9.37 Å². The van der Waals surface area contributed by atoms with E-state index in [0.717, 1.165) is 11.4 Å². The average Bonchev–Trinajstić information content (AvgIpc) is 3.57. The SMILES string of the molecule is O=C(c1ccc(F)cc1)N1Cc2[nH]cnc2CC1c1nc(-c2ccc3c(c2)OCO3)no1. The number of aromatic nitrogens is 4. The summed E-state index contributed by atoms with van der Waals surface area (Å²) >= 11 is 0. The zero-order valence-corrected chi connectivity index (χ0v) is 16.6. The second kappa shape index (κ2) is 7.19. The number of ether oxygens (including phenoxy) is 2. The third kappa shape index (κ3) is 3.08. The number of imidazole rings is 1. The number of nitrogens with zero attached hydrogens (tertiary/aromatic N) is 4. The lowest BCUT2D eigenvalue weighted by molar-refractivity contribution is 0.0589. The van der Waals surface area contributed by atoms with Crippen LogP contribution in [0.4, 0.5) is 4.39 Å². The van der Waals surface area contributed by atoms with Crippen molar-refractivity contribution in [2.75, 3.05) is 6.79 Å². The molecule has 32 heavy (non-hydrogen) atoms. The van der Waals surface area contributed by atoms with E-state index in [1.165, 1.54) is 24.3 Å². The summed E-state index contributed by atoms with van der Waals surface area (Å²) in [6.07, 6.45) is 2.01. The quantitative estimate of drug-likeness (QED) is 0.528. The van der Waals surface area contributed by atoms with E-state index >= 15 is 0 Å². The Hall–Kier alpha value is -4.21. The van der Waals surface area contributed by atoms with Gasteiger partial charge in [0.15, 0.2) is 11.5 Å². The lowest BCUT2D eigenvalue weighted by atomic mass is 10.0. The molecule has 1 amide bonds. The molecule has 2 aromatic carbocycles. The highest BCUT2D eigenvalue weighted by Crippen LogP contribution is 2.37. The van der Waals surface area contributed by atoms with Gasteiger partial charge in [-0.05, 0) is 42.5 Å². The number of aromatic amines is 1. The third-order valence-corrected chi connectivity index (χ3v) is 5.61. The van der Waals surface area contributed by atoms with Crippen LogP contribution in [0.25, 0.3) is 11.4 Å². The van der Waals surface area contributed by atoms with Gasteiger partial charge in [0.1, 0.15) is 11.9 Å². The van der Waals surface area contributed by atoms with Crippen molar-refractivity contribution in [3.63, 3.8) is 0 Å². The van der Waals surface area contributed by atoms with Crippen LogP contribution in [-0.2, 0) is 13.0 Å². The predicted octanol–water partition coefficient (Wildman–Crippen LogP) is 3.27. The Morgan fingerprint density at radius 1 is 1.12 bits per heavy atom. The maximum atomic E-state index is 13.3. The van der Waals surface area contributed by atoms with Crippen molar-refractivity contribution in [1.29, 1.82) is 0 Å². The number of hydrogen-bond donors (Lipinski definition) is 1. The highest BCUT2D eigenvalue weighted by atomic mass is 19.1. The number of H-pyrrole nitrogens is 1. The van der Waals surface area contributed by atoms with Crippen molar-refractivity contribution in [3.05, 3.63) is 77.5 Å². The Balaban J connectivity index is 1.35. The Morgan fingerprint density at radius 2 is 1.97 bits per heavy atom. The molecule has 0 saturated heterocycles. The second-order valence-corrected chi connectivity index (χ2v) is 7.51. The average molecular weight is 433 g/mol. The molecule has 0 fully saturated rings. The molecule has 160 valence electrons. The Kier molecular flexibility index (Phi) is 4.17. The van der Waals surface area contributed by atoms with E-state index in [-0.39, 0.29) is 19.2 Å². The number of fused-ring (bicyclic) bond motifs is 2. The molecular weight excluding hydrogens is 417 g/mol. The van der Waals surface area contributed by atoms with Crippen LogP contribution < -0.4 is 9.47 Å². The van der Waals surface area contributed by atoms with Crippen LogP contribution in [0.3, 0.4) is 0 Å². The molecule has 2 aliphatic heterocycles. The first-order valence-corrected chi connectivity index (χ1v) is 9.97. The summed E-state index contributed by atoms with van der Waals surface area (Å²) in [5.41, 5.74) is 2.75. The topological polar surface area (TPSA) is 106 Å². The van der Waals surface area contributed by atoms with Crippen molar-refractivity contribution >= 4 is 5.91 Å². The van der Waals surface area contributed by atoms with Crippen LogP contribution in [0.5, 0.6) is 11.5 Å². The molecule has 2 aliphatic rings. The van der Waals surface area contributed by atoms with Crippen molar-refractivity contribution in [1.82, 2.24) is 25.0 Å². The lowest BCUT2D eigenvalue weighted by Crippen LogP contribution is -2.39. The zero-order valence-electron chi connectivity index (χ0n) is 16.6. The molecule has 10 heteroatoms. The largest absolute Gasteiger partial charge is 0.454 e. The molecule has 0 saturated carbocycles. The third-order valence-electron chi connectivity index (χ3n) is 5.61. The van der Waals surface area contributed by atoms with Gasteiger partial charge >= 0.3 is 0 Å². The first-order valence-electron chi connectivity index (χ1n) is 9.97. The standard InChI is InChI=1S/C22H16FN5O4/c23-14-4-1-12(2-5-14)22(29)28-9-16-15(24-10-25-16)8-17(28)21-26-20(27-32-21)13-3-6-18-19(7-13)31-11-30-18/h1-7,10,17H,8-9,11H2,(H,24,25). The van der Waals surface area contributed by atoms with Crippen molar-refractivity contribution in [3.8, 4) is 22.9 Å². The number of nitrogens with one attached hydrogen (secondary N) is 1. The van der Waals surface area contributed by atoms with Gasteiger partial charge in [-0.2, -0.15) is 4.98 Å². The van der Waals surface area contributed by atoms with Gasteiger partial charge in [0, 0.05) is 17.5 Å². The van der Waals surface area contributed by atoms with Crippen LogP contribution >= 0.6 is 0 Å². The molecule has 1 atom stereocenters. The van der Waals surface area contributed by atoms with Gasteiger partial charge in [-0.15, -0.1) is 0 Å². The summed E-state index contributed by atoms with van der Waals surface area (Å²) in [5, 5.41) is 4.11. The molecule has 0 spiro atoms. The van der Waals surface area contributed by atoms with Crippen LogP contribution in [-0.4, -0.2) is 37.7 Å². The normalized spacial score (nSPS) is 16.8. The Labute approximate surface area is 180 Å². The van der Waals surface area contributed by atoms with Crippen LogP contribution in [0.2, 0.25) is 0 Å². The van der Waals surface area contributed by atoms with E-state index < -0.39 is 11.9 Å². The van der Waals surface area contributed by atoms with Crippen molar-refractivity contribution in [2.24, 2.45) is 0 Å². The van der Waals surface area contributed by atoms with Crippen molar-refractivity contribution < 1.29 is 23.2 Å². The number of benzene rings is 2. The second-order valence-electron chi connectivity index (χ2n) is 7.51. The van der Waals surface area contributed by atoms with E-state index in [9.17, 15) is 9.18 Å². The van der Waals surface area contributed by atoms with E-state index in [1.54, 1.807) is 23.4 Å². The number of carbonyl (C=O) groups is 1. The van der Waals surface area contributed by atoms with Gasteiger partial charge in [0.25, 0.3) is 5.91 Å². The number of hydrogen-bond acceptors (Lipinski definition) is 7. The fourth-order valence-corrected chi connectivity index (χ4v) is 3.95. The highest BCUT2D eigenvalue weighted by Gasteiger charge is 2.36. The summed E-state index contributed by atoms with van der Waals surface area (Å²) in [7, 11) is 0. The summed E-state index contributed by atoms with van der Waals surface area (Å²) in [6.45, 7) is 0.461. The lowest BCUT2D eigenvalue weighted by Gasteiger charge is -2.32. The number of carbonyl (C=O) groups excluding carboxylic acids is 1. The van der Waals surface area contributed by atoms with Gasteiger partial charge in [-0.3, -0.25) is 4.79 Å². The van der Waals surface area contributed by atoms with E-state index in [0.29, 0.717) is 40.8 Å². The monoisotopic (exact) mass is 433 g/mol. The molecular formula is C22H16FN5O4. The van der Waals surface area contributed by atoms with Crippen LogP contribution in [0.15, 0.2) is 53.3 Å². The summed E-state index contributed by atoms with van der Waals surface area (Å²) in [6, 6.07) is 10.3. The highest BCUT2D eigenvalue weighted by molar-refractivity contribution is 5.94. The molecule has 1 unspecified atom stereocenters. The van der Waals surface area contributed by atoms with Gasteiger partial charge in [-0.1, -0.05) is 5.16 Å². The molecule has 1 N–H and O–H groups in total. The van der Waals surface area contributed by atoms with Crippen LogP contribution in [0, 0.1) is 5.82 Å². The van der Waals surface area contributed by atoms with Gasteiger partial charge in [0.2, 0.25) is 18.5 Å². The minimum Gasteiger partial charge on any atom is -0.454 e. The van der Waals surface area contributed by atoms with Crippen LogP contribution in [0.1, 0.15) is 33.7 Å². The van der Waals surface area contributed by atoms with Gasteiger partial charge in [0.05, 0.1) is 24.3 Å². The molecule has 0 bridgehead atoms. The minimum atomic E-state index is -0.515. The fourth-order valence-electron chi connectivity index (χ4n) is 3.95. The van der Waals surface area contributed by atoms with Crippen molar-refractivity contribution in [2.45, 2.75) is 19.0 Å². The molecule has 0 aliphatic carbocycles. The van der Waals surface area contributed by atoms with E-state index in [2.05, 4.69) is 20.1 Å².